The molecule has 0 radical (unpaired) electrons. The number of rotatable bonds is 8. The third kappa shape index (κ3) is 5.62. The molecule has 2 aromatic rings. The molecule has 0 saturated heterocycles. The van der Waals surface area contributed by atoms with E-state index in [1.165, 1.54) is 24.6 Å². The van der Waals surface area contributed by atoms with E-state index < -0.39 is 0 Å². The Kier molecular flexibility index (Phi) is 7.01. The number of carbonyl (C=O) groups is 1. The van der Waals surface area contributed by atoms with Gasteiger partial charge in [0.2, 0.25) is 11.1 Å². The number of halogens is 1. The van der Waals surface area contributed by atoms with Gasteiger partial charge in [-0.25, -0.2) is 4.68 Å². The van der Waals surface area contributed by atoms with E-state index in [4.69, 9.17) is 11.6 Å². The standard InChI is InChI=1S/C16H20ClN5OS2/c17-12-5-7-14(8-6-12)24-10-9-18-15(23)11-25-16-19-20-21-22(16)13-3-1-2-4-13/h5-8,13H,1-4,9-11H2,(H,18,23). The normalized spacial score (nSPS) is 14.8. The molecule has 6 nitrogen and oxygen atoms in total. The van der Waals surface area contributed by atoms with E-state index in [1.807, 2.05) is 28.9 Å². The van der Waals surface area contributed by atoms with Gasteiger partial charge in [-0.05, 0) is 47.5 Å². The first-order valence-electron chi connectivity index (χ1n) is 8.28. The third-order valence-corrected chi connectivity index (χ3v) is 6.17. The molecule has 0 atom stereocenters. The maximum absolute atomic E-state index is 12.0. The van der Waals surface area contributed by atoms with Gasteiger partial charge in [0.1, 0.15) is 0 Å². The van der Waals surface area contributed by atoms with Crippen LogP contribution in [0.3, 0.4) is 0 Å². The van der Waals surface area contributed by atoms with Crippen LogP contribution >= 0.6 is 35.1 Å². The fourth-order valence-corrected chi connectivity index (χ4v) is 4.40. The molecule has 1 saturated carbocycles. The summed E-state index contributed by atoms with van der Waals surface area (Å²) in [6, 6.07) is 8.08. The fraction of sp³-hybridized carbons (Fsp3) is 0.500. The highest BCUT2D eigenvalue weighted by Gasteiger charge is 2.21. The Balaban J connectivity index is 1.36. The predicted octanol–water partition coefficient (Wildman–Crippen LogP) is 3.44. The topological polar surface area (TPSA) is 72.7 Å². The largest absolute Gasteiger partial charge is 0.355 e. The van der Waals surface area contributed by atoms with Gasteiger partial charge < -0.3 is 5.32 Å². The number of amides is 1. The maximum Gasteiger partial charge on any atom is 0.230 e. The smallest absolute Gasteiger partial charge is 0.230 e. The van der Waals surface area contributed by atoms with Gasteiger partial charge in [0.15, 0.2) is 0 Å². The number of nitrogens with one attached hydrogen (secondary N) is 1. The Hall–Kier alpha value is -1.25. The van der Waals surface area contributed by atoms with Gasteiger partial charge in [-0.15, -0.1) is 16.9 Å². The molecule has 9 heteroatoms. The highest BCUT2D eigenvalue weighted by molar-refractivity contribution is 7.99. The molecule has 1 aliphatic rings. The SMILES string of the molecule is O=C(CSc1nnnn1C1CCCC1)NCCSc1ccc(Cl)cc1. The van der Waals surface area contributed by atoms with Crippen LogP contribution in [0.2, 0.25) is 5.02 Å². The Labute approximate surface area is 160 Å². The van der Waals surface area contributed by atoms with Crippen LogP contribution in [0, 0.1) is 0 Å². The molecule has 3 rings (SSSR count). The van der Waals surface area contributed by atoms with Gasteiger partial charge in [-0.3, -0.25) is 4.79 Å². The molecule has 1 amide bonds. The van der Waals surface area contributed by atoms with Gasteiger partial charge in [-0.1, -0.05) is 36.2 Å². The first-order chi connectivity index (χ1) is 12.2. The number of carbonyl (C=O) groups excluding carboxylic acids is 1. The van der Waals surface area contributed by atoms with Crippen molar-refractivity contribution >= 4 is 41.0 Å². The number of tetrazole rings is 1. The van der Waals surface area contributed by atoms with Gasteiger partial charge in [-0.2, -0.15) is 0 Å². The molecule has 1 aromatic carbocycles. The number of benzene rings is 1. The molecule has 1 fully saturated rings. The minimum absolute atomic E-state index is 0.00248. The minimum Gasteiger partial charge on any atom is -0.355 e. The number of hydrogen-bond donors (Lipinski definition) is 1. The van der Waals surface area contributed by atoms with Crippen LogP contribution in [-0.2, 0) is 4.79 Å². The number of thioether (sulfide) groups is 2. The van der Waals surface area contributed by atoms with Crippen molar-refractivity contribution in [1.29, 1.82) is 0 Å². The van der Waals surface area contributed by atoms with Crippen molar-refractivity contribution in [2.75, 3.05) is 18.1 Å². The second kappa shape index (κ2) is 9.45. The number of hydrogen-bond acceptors (Lipinski definition) is 6. The van der Waals surface area contributed by atoms with E-state index in [1.54, 1.807) is 11.8 Å². The number of aromatic nitrogens is 4. The van der Waals surface area contributed by atoms with Gasteiger partial charge in [0, 0.05) is 22.2 Å². The lowest BCUT2D eigenvalue weighted by atomic mass is 10.3. The van der Waals surface area contributed by atoms with E-state index in [-0.39, 0.29) is 5.91 Å². The van der Waals surface area contributed by atoms with Crippen molar-refractivity contribution in [3.63, 3.8) is 0 Å². The summed E-state index contributed by atoms with van der Waals surface area (Å²) in [7, 11) is 0. The molecule has 0 unspecified atom stereocenters. The summed E-state index contributed by atoms with van der Waals surface area (Å²) in [6.45, 7) is 0.625. The van der Waals surface area contributed by atoms with Crippen LogP contribution in [0.5, 0.6) is 0 Å². The molecular weight excluding hydrogens is 378 g/mol. The first kappa shape index (κ1) is 18.5. The highest BCUT2D eigenvalue weighted by Crippen LogP contribution is 2.31. The van der Waals surface area contributed by atoms with Crippen LogP contribution in [0.4, 0.5) is 0 Å². The summed E-state index contributed by atoms with van der Waals surface area (Å²) in [5.41, 5.74) is 0. The quantitative estimate of drug-likeness (QED) is 0.543. The van der Waals surface area contributed by atoms with Crippen molar-refractivity contribution in [2.24, 2.45) is 0 Å². The molecule has 1 N–H and O–H groups in total. The van der Waals surface area contributed by atoms with Crippen molar-refractivity contribution in [3.8, 4) is 0 Å². The summed E-state index contributed by atoms with van der Waals surface area (Å²) in [5.74, 6) is 1.15. The zero-order chi connectivity index (χ0) is 17.5. The van der Waals surface area contributed by atoms with Gasteiger partial charge >= 0.3 is 0 Å². The Morgan fingerprint density at radius 2 is 2.00 bits per heavy atom. The molecule has 1 aromatic heterocycles. The summed E-state index contributed by atoms with van der Waals surface area (Å²) in [5, 5.41) is 16.3. The van der Waals surface area contributed by atoms with Crippen molar-refractivity contribution in [1.82, 2.24) is 25.5 Å². The van der Waals surface area contributed by atoms with Crippen LogP contribution in [0.1, 0.15) is 31.7 Å². The van der Waals surface area contributed by atoms with Gasteiger partial charge in [0.05, 0.1) is 11.8 Å². The first-order valence-corrected chi connectivity index (χ1v) is 10.6. The predicted molar refractivity (Wildman–Crippen MR) is 101 cm³/mol. The van der Waals surface area contributed by atoms with E-state index in [0.29, 0.717) is 18.3 Å². The Bertz CT molecular complexity index is 688. The Morgan fingerprint density at radius 3 is 2.76 bits per heavy atom. The summed E-state index contributed by atoms with van der Waals surface area (Å²) < 4.78 is 1.88. The van der Waals surface area contributed by atoms with Gasteiger partial charge in [0.25, 0.3) is 0 Å². The zero-order valence-electron chi connectivity index (χ0n) is 13.7. The van der Waals surface area contributed by atoms with E-state index in [9.17, 15) is 4.79 Å². The molecule has 1 heterocycles. The van der Waals surface area contributed by atoms with Crippen LogP contribution in [0.25, 0.3) is 0 Å². The molecule has 0 spiro atoms. The lowest BCUT2D eigenvalue weighted by molar-refractivity contribution is -0.118. The summed E-state index contributed by atoms with van der Waals surface area (Å²) >= 11 is 8.95. The van der Waals surface area contributed by atoms with Crippen LogP contribution < -0.4 is 5.32 Å². The van der Waals surface area contributed by atoms with Crippen LogP contribution in [-0.4, -0.2) is 44.2 Å². The maximum atomic E-state index is 12.0. The van der Waals surface area contributed by atoms with E-state index in [2.05, 4.69) is 20.8 Å². The molecule has 0 bridgehead atoms. The fourth-order valence-electron chi connectivity index (χ4n) is 2.73. The average Bonchev–Trinajstić information content (AvgIpc) is 3.29. The van der Waals surface area contributed by atoms with Crippen molar-refractivity contribution < 1.29 is 4.79 Å². The lowest BCUT2D eigenvalue weighted by Crippen LogP contribution is -2.27. The second-order valence-corrected chi connectivity index (χ2v) is 8.33. The average molecular weight is 398 g/mol. The molecule has 0 aliphatic heterocycles. The molecule has 134 valence electrons. The van der Waals surface area contributed by atoms with Crippen LogP contribution in [0.15, 0.2) is 34.3 Å². The van der Waals surface area contributed by atoms with E-state index >= 15 is 0 Å². The van der Waals surface area contributed by atoms with E-state index in [0.717, 1.165) is 33.7 Å². The molecule has 1 aliphatic carbocycles. The summed E-state index contributed by atoms with van der Waals surface area (Å²) in [4.78, 5) is 13.1. The Morgan fingerprint density at radius 1 is 1.24 bits per heavy atom. The molecular formula is C16H20ClN5OS2. The minimum atomic E-state index is 0.00248. The second-order valence-electron chi connectivity index (χ2n) is 5.79. The zero-order valence-corrected chi connectivity index (χ0v) is 16.1. The van der Waals surface area contributed by atoms with Crippen molar-refractivity contribution in [2.45, 2.75) is 41.8 Å². The third-order valence-electron chi connectivity index (χ3n) is 3.97. The molecule has 25 heavy (non-hydrogen) atoms. The summed E-state index contributed by atoms with van der Waals surface area (Å²) in [6.07, 6.45) is 4.68. The lowest BCUT2D eigenvalue weighted by Gasteiger charge is -2.10. The number of nitrogens with zero attached hydrogens (tertiary/aromatic N) is 4. The van der Waals surface area contributed by atoms with Crippen molar-refractivity contribution in [3.05, 3.63) is 29.3 Å². The monoisotopic (exact) mass is 397 g/mol. The highest BCUT2D eigenvalue weighted by atomic mass is 35.5.